The summed E-state index contributed by atoms with van der Waals surface area (Å²) in [4.78, 5) is 28.7. The number of rotatable bonds is 6. The highest BCUT2D eigenvalue weighted by atomic mass is 31.2. The third-order valence-electron chi connectivity index (χ3n) is 2.60. The standard InChI is InChI=1S/C11H16NO7P/c1-7-3-4-9(5-8(7)2)19-11(15,20(16,17)18)12-6-10(13)14/h3-5,12,15H,6H2,1-2H3,(H,13,14)(H2,16,17,18). The summed E-state index contributed by atoms with van der Waals surface area (Å²) in [5.74, 6) is -1.41. The number of nitrogens with one attached hydrogen (secondary N) is 1. The second-order valence-corrected chi connectivity index (χ2v) is 5.94. The third kappa shape index (κ3) is 4.03. The first-order valence-electron chi connectivity index (χ1n) is 5.56. The zero-order valence-corrected chi connectivity index (χ0v) is 11.8. The Morgan fingerprint density at radius 3 is 2.40 bits per heavy atom. The summed E-state index contributed by atoms with van der Waals surface area (Å²) in [6.45, 7) is 2.70. The fraction of sp³-hybridized carbons (Fsp3) is 0.364. The summed E-state index contributed by atoms with van der Waals surface area (Å²) in [5, 5.41) is 20.1. The van der Waals surface area contributed by atoms with Gasteiger partial charge in [-0.3, -0.25) is 9.36 Å². The van der Waals surface area contributed by atoms with E-state index in [1.807, 2.05) is 6.92 Å². The topological polar surface area (TPSA) is 136 Å². The van der Waals surface area contributed by atoms with Gasteiger partial charge in [0.15, 0.2) is 0 Å². The van der Waals surface area contributed by atoms with E-state index in [-0.39, 0.29) is 5.75 Å². The number of benzene rings is 1. The van der Waals surface area contributed by atoms with Crippen molar-refractivity contribution in [2.75, 3.05) is 6.54 Å². The van der Waals surface area contributed by atoms with Crippen LogP contribution in [-0.4, -0.2) is 38.2 Å². The van der Waals surface area contributed by atoms with Gasteiger partial charge in [-0.05, 0) is 37.1 Å². The summed E-state index contributed by atoms with van der Waals surface area (Å²) in [6.07, 6.45) is 0. The van der Waals surface area contributed by atoms with E-state index >= 15 is 0 Å². The maximum absolute atomic E-state index is 11.3. The van der Waals surface area contributed by atoms with Crippen LogP contribution in [-0.2, 0) is 9.36 Å². The molecule has 0 amide bonds. The zero-order valence-electron chi connectivity index (χ0n) is 10.9. The van der Waals surface area contributed by atoms with Crippen molar-refractivity contribution in [3.63, 3.8) is 0 Å². The summed E-state index contributed by atoms with van der Waals surface area (Å²) in [6, 6.07) is 4.52. The first kappa shape index (κ1) is 16.6. The van der Waals surface area contributed by atoms with Gasteiger partial charge in [0.2, 0.25) is 0 Å². The lowest BCUT2D eigenvalue weighted by Crippen LogP contribution is -2.51. The van der Waals surface area contributed by atoms with Crippen LogP contribution in [0.5, 0.6) is 5.75 Å². The molecule has 0 saturated heterocycles. The molecule has 9 heteroatoms. The lowest BCUT2D eigenvalue weighted by molar-refractivity contribution is -0.142. The largest absolute Gasteiger partial charge is 0.480 e. The predicted octanol–water partition coefficient (Wildman–Crippen LogP) is 0.138. The molecule has 20 heavy (non-hydrogen) atoms. The molecule has 8 nitrogen and oxygen atoms in total. The second-order valence-electron chi connectivity index (χ2n) is 4.25. The van der Waals surface area contributed by atoms with Crippen LogP contribution in [0.15, 0.2) is 18.2 Å². The van der Waals surface area contributed by atoms with E-state index in [0.29, 0.717) is 0 Å². The number of hydrogen-bond acceptors (Lipinski definition) is 5. The Kier molecular flexibility index (Phi) is 4.90. The van der Waals surface area contributed by atoms with Crippen molar-refractivity contribution in [1.29, 1.82) is 0 Å². The van der Waals surface area contributed by atoms with Crippen molar-refractivity contribution in [3.8, 4) is 5.75 Å². The van der Waals surface area contributed by atoms with E-state index < -0.39 is 25.8 Å². The molecule has 0 spiro atoms. The Balaban J connectivity index is 3.03. The maximum atomic E-state index is 11.3. The van der Waals surface area contributed by atoms with Crippen molar-refractivity contribution in [3.05, 3.63) is 29.3 Å². The Bertz CT molecular complexity index is 556. The molecule has 112 valence electrons. The number of carboxylic acids is 1. The van der Waals surface area contributed by atoms with Gasteiger partial charge in [0, 0.05) is 0 Å². The number of aryl methyl sites for hydroxylation is 2. The van der Waals surface area contributed by atoms with Gasteiger partial charge in [-0.15, -0.1) is 0 Å². The number of aliphatic carboxylic acids is 1. The fourth-order valence-electron chi connectivity index (χ4n) is 1.33. The summed E-state index contributed by atoms with van der Waals surface area (Å²) in [7, 11) is -5.18. The van der Waals surface area contributed by atoms with Crippen LogP contribution >= 0.6 is 7.60 Å². The van der Waals surface area contributed by atoms with Crippen molar-refractivity contribution >= 4 is 13.6 Å². The number of ether oxygens (including phenoxy) is 1. The lowest BCUT2D eigenvalue weighted by Gasteiger charge is -2.29. The molecule has 0 radical (unpaired) electrons. The van der Waals surface area contributed by atoms with Crippen molar-refractivity contribution in [2.45, 2.75) is 19.5 Å². The maximum Gasteiger partial charge on any atom is 0.414 e. The number of carboxylic acid groups (broad SMARTS) is 1. The Morgan fingerprint density at radius 1 is 1.35 bits per heavy atom. The average molecular weight is 305 g/mol. The van der Waals surface area contributed by atoms with Gasteiger partial charge in [0.1, 0.15) is 5.75 Å². The molecular weight excluding hydrogens is 289 g/mol. The van der Waals surface area contributed by atoms with Gasteiger partial charge in [0.05, 0.1) is 6.54 Å². The van der Waals surface area contributed by atoms with Crippen LogP contribution in [0.1, 0.15) is 11.1 Å². The zero-order chi connectivity index (χ0) is 15.6. The van der Waals surface area contributed by atoms with Gasteiger partial charge in [-0.2, -0.15) is 0 Å². The Hall–Kier alpha value is -1.44. The van der Waals surface area contributed by atoms with Crippen LogP contribution in [0.25, 0.3) is 0 Å². The number of hydrogen-bond donors (Lipinski definition) is 5. The van der Waals surface area contributed by atoms with E-state index in [0.717, 1.165) is 11.1 Å². The molecule has 0 saturated carbocycles. The minimum atomic E-state index is -5.18. The van der Waals surface area contributed by atoms with Crippen LogP contribution < -0.4 is 10.1 Å². The van der Waals surface area contributed by atoms with Gasteiger partial charge in [-0.25, -0.2) is 5.32 Å². The molecule has 1 rings (SSSR count). The van der Waals surface area contributed by atoms with Crippen LogP contribution in [0.3, 0.4) is 0 Å². The van der Waals surface area contributed by atoms with E-state index in [9.17, 15) is 14.5 Å². The van der Waals surface area contributed by atoms with Crippen LogP contribution in [0.2, 0.25) is 0 Å². The minimum absolute atomic E-state index is 0.00295. The van der Waals surface area contributed by atoms with E-state index in [4.69, 9.17) is 19.6 Å². The molecule has 0 aliphatic carbocycles. The predicted molar refractivity (Wildman–Crippen MR) is 69.2 cm³/mol. The van der Waals surface area contributed by atoms with Gasteiger partial charge in [0.25, 0.3) is 0 Å². The monoisotopic (exact) mass is 305 g/mol. The molecule has 1 aromatic rings. The highest BCUT2D eigenvalue weighted by molar-refractivity contribution is 7.53. The normalized spacial score (nSPS) is 14.7. The molecule has 0 aliphatic heterocycles. The van der Waals surface area contributed by atoms with E-state index in [1.165, 1.54) is 12.1 Å². The van der Waals surface area contributed by atoms with Crippen molar-refractivity contribution < 1.29 is 34.1 Å². The molecule has 1 unspecified atom stereocenters. The van der Waals surface area contributed by atoms with Crippen molar-refractivity contribution in [1.82, 2.24) is 5.32 Å². The summed E-state index contributed by atoms with van der Waals surface area (Å²) >= 11 is 0. The fourth-order valence-corrected chi connectivity index (χ4v) is 1.84. The van der Waals surface area contributed by atoms with Gasteiger partial charge in [-0.1, -0.05) is 6.07 Å². The lowest BCUT2D eigenvalue weighted by atomic mass is 10.1. The highest BCUT2D eigenvalue weighted by Gasteiger charge is 2.49. The van der Waals surface area contributed by atoms with Gasteiger partial charge < -0.3 is 24.7 Å². The average Bonchev–Trinajstić information content (AvgIpc) is 2.30. The quantitative estimate of drug-likeness (QED) is 0.370. The SMILES string of the molecule is Cc1ccc(OC(O)(NCC(=O)O)P(=O)(O)O)cc1C. The van der Waals surface area contributed by atoms with E-state index in [2.05, 4.69) is 0 Å². The Labute approximate surface area is 115 Å². The molecule has 0 heterocycles. The molecule has 1 aromatic carbocycles. The minimum Gasteiger partial charge on any atom is -0.480 e. The third-order valence-corrected chi connectivity index (χ3v) is 3.64. The van der Waals surface area contributed by atoms with Gasteiger partial charge >= 0.3 is 19.2 Å². The first-order valence-corrected chi connectivity index (χ1v) is 7.17. The van der Waals surface area contributed by atoms with Crippen LogP contribution in [0, 0.1) is 13.8 Å². The van der Waals surface area contributed by atoms with Crippen LogP contribution in [0.4, 0.5) is 0 Å². The smallest absolute Gasteiger partial charge is 0.414 e. The molecule has 0 aliphatic rings. The Morgan fingerprint density at radius 2 is 1.95 bits per heavy atom. The molecule has 5 N–H and O–H groups in total. The van der Waals surface area contributed by atoms with E-state index in [1.54, 1.807) is 18.3 Å². The number of carbonyl (C=O) groups is 1. The molecule has 0 aromatic heterocycles. The first-order chi connectivity index (χ1) is 9.05. The molecule has 0 fully saturated rings. The highest BCUT2D eigenvalue weighted by Crippen LogP contribution is 2.47. The second kappa shape index (κ2) is 5.90. The molecule has 0 bridgehead atoms. The summed E-state index contributed by atoms with van der Waals surface area (Å²) in [5.41, 5.74) is -1.39. The molecule has 1 atom stereocenters. The summed E-state index contributed by atoms with van der Waals surface area (Å²) < 4.78 is 16.2. The molecular formula is C11H16NO7P. The number of aliphatic hydroxyl groups is 1. The van der Waals surface area contributed by atoms with Crippen molar-refractivity contribution in [2.24, 2.45) is 0 Å².